The lowest BCUT2D eigenvalue weighted by Gasteiger charge is -2.39. The summed E-state index contributed by atoms with van der Waals surface area (Å²) < 4.78 is 0. The molecule has 5 heteroatoms. The van der Waals surface area contributed by atoms with Crippen LogP contribution in [0.25, 0.3) is 0 Å². The molecule has 0 aromatic heterocycles. The maximum absolute atomic E-state index is 11.2. The van der Waals surface area contributed by atoms with Crippen LogP contribution in [-0.4, -0.2) is 18.0 Å². The van der Waals surface area contributed by atoms with Crippen LogP contribution in [0.4, 0.5) is 17.1 Å². The molecule has 110 valence electrons. The number of hydrogen-bond donors (Lipinski definition) is 1. The summed E-state index contributed by atoms with van der Waals surface area (Å²) in [6.45, 7) is 4.57. The van der Waals surface area contributed by atoms with Crippen LogP contribution in [-0.2, 0) is 0 Å². The number of nitro benzene ring substituents is 1. The van der Waals surface area contributed by atoms with Gasteiger partial charge in [0.15, 0.2) is 0 Å². The molecule has 0 radical (unpaired) electrons. The van der Waals surface area contributed by atoms with Crippen molar-refractivity contribution in [2.45, 2.75) is 45.6 Å². The number of nitro groups is 1. The van der Waals surface area contributed by atoms with E-state index in [9.17, 15) is 10.1 Å². The number of anilines is 2. The number of nitrogens with two attached hydrogens (primary N) is 1. The number of hydrogen-bond acceptors (Lipinski definition) is 4. The molecule has 0 atom stereocenters. The minimum absolute atomic E-state index is 0.0276. The van der Waals surface area contributed by atoms with Crippen LogP contribution >= 0.6 is 0 Å². The second-order valence-electron chi connectivity index (χ2n) is 6.48. The van der Waals surface area contributed by atoms with E-state index in [-0.39, 0.29) is 16.3 Å². The van der Waals surface area contributed by atoms with Crippen molar-refractivity contribution in [2.24, 2.45) is 5.41 Å². The maximum Gasteiger partial charge on any atom is 0.315 e. The van der Waals surface area contributed by atoms with Crippen molar-refractivity contribution >= 4 is 17.1 Å². The predicted molar refractivity (Wildman–Crippen MR) is 81.9 cm³/mol. The smallest absolute Gasteiger partial charge is 0.315 e. The van der Waals surface area contributed by atoms with Crippen molar-refractivity contribution in [1.82, 2.24) is 0 Å². The lowest BCUT2D eigenvalue weighted by molar-refractivity contribution is -0.383. The van der Waals surface area contributed by atoms with E-state index < -0.39 is 0 Å². The Balaban J connectivity index is 2.24. The van der Waals surface area contributed by atoms with Gasteiger partial charge < -0.3 is 10.6 Å². The third kappa shape index (κ3) is 2.86. The highest BCUT2D eigenvalue weighted by Gasteiger charge is 2.31. The molecule has 0 saturated heterocycles. The van der Waals surface area contributed by atoms with Crippen LogP contribution in [0.1, 0.15) is 39.5 Å². The maximum atomic E-state index is 11.2. The average molecular weight is 277 g/mol. The number of nitrogens with zero attached hydrogens (tertiary/aromatic N) is 2. The van der Waals surface area contributed by atoms with E-state index in [0.717, 1.165) is 25.7 Å². The Morgan fingerprint density at radius 2 is 1.95 bits per heavy atom. The molecule has 0 amide bonds. The summed E-state index contributed by atoms with van der Waals surface area (Å²) in [5.74, 6) is 0. The first-order chi connectivity index (χ1) is 9.32. The van der Waals surface area contributed by atoms with Crippen LogP contribution in [0.3, 0.4) is 0 Å². The van der Waals surface area contributed by atoms with E-state index in [1.807, 2.05) is 11.9 Å². The topological polar surface area (TPSA) is 72.4 Å². The number of rotatable bonds is 3. The monoisotopic (exact) mass is 277 g/mol. The molecule has 1 aliphatic rings. The highest BCUT2D eigenvalue weighted by Crippen LogP contribution is 2.40. The lowest BCUT2D eigenvalue weighted by atomic mass is 9.75. The van der Waals surface area contributed by atoms with Gasteiger partial charge in [0, 0.05) is 13.1 Å². The quantitative estimate of drug-likeness (QED) is 0.520. The molecule has 0 bridgehead atoms. The molecule has 1 fully saturated rings. The number of nitrogen functional groups attached to an aromatic ring is 1. The van der Waals surface area contributed by atoms with Crippen molar-refractivity contribution in [3.63, 3.8) is 0 Å². The van der Waals surface area contributed by atoms with Gasteiger partial charge in [-0.15, -0.1) is 0 Å². The average Bonchev–Trinajstić information content (AvgIpc) is 2.37. The predicted octanol–water partition coefficient (Wildman–Crippen LogP) is 3.58. The second kappa shape index (κ2) is 5.31. The van der Waals surface area contributed by atoms with E-state index in [0.29, 0.717) is 17.1 Å². The van der Waals surface area contributed by atoms with E-state index in [1.165, 1.54) is 0 Å². The van der Waals surface area contributed by atoms with Gasteiger partial charge in [-0.2, -0.15) is 0 Å². The summed E-state index contributed by atoms with van der Waals surface area (Å²) in [5.41, 5.74) is 7.04. The van der Waals surface area contributed by atoms with Gasteiger partial charge in [-0.1, -0.05) is 19.9 Å². The molecular formula is C15H23N3O2. The Kier molecular flexibility index (Phi) is 3.88. The van der Waals surface area contributed by atoms with E-state index in [2.05, 4.69) is 13.8 Å². The normalized spacial score (nSPS) is 18.8. The van der Waals surface area contributed by atoms with Gasteiger partial charge in [0.05, 0.1) is 4.92 Å². The third-order valence-electron chi connectivity index (χ3n) is 4.46. The SMILES string of the molecule is CN(c1cccc(N)c1[N+](=O)[O-])C1CCC(C)(C)CC1. The number of para-hydroxylation sites is 1. The fourth-order valence-corrected chi connectivity index (χ4v) is 3.00. The van der Waals surface area contributed by atoms with Crippen LogP contribution in [0.15, 0.2) is 18.2 Å². The van der Waals surface area contributed by atoms with Crippen LogP contribution in [0.2, 0.25) is 0 Å². The van der Waals surface area contributed by atoms with Gasteiger partial charge in [0.1, 0.15) is 11.4 Å². The van der Waals surface area contributed by atoms with Gasteiger partial charge >= 0.3 is 5.69 Å². The summed E-state index contributed by atoms with van der Waals surface area (Å²) in [5, 5.41) is 11.2. The molecule has 0 heterocycles. The summed E-state index contributed by atoms with van der Waals surface area (Å²) in [6.07, 6.45) is 4.43. The van der Waals surface area contributed by atoms with Crippen molar-refractivity contribution in [1.29, 1.82) is 0 Å². The molecule has 0 unspecified atom stereocenters. The van der Waals surface area contributed by atoms with Gasteiger partial charge in [-0.3, -0.25) is 10.1 Å². The van der Waals surface area contributed by atoms with Gasteiger partial charge in [-0.05, 0) is 43.2 Å². The fraction of sp³-hybridized carbons (Fsp3) is 0.600. The molecule has 0 aliphatic heterocycles. The van der Waals surface area contributed by atoms with Crippen molar-refractivity contribution in [3.8, 4) is 0 Å². The Labute approximate surface area is 119 Å². The Bertz CT molecular complexity index is 504. The van der Waals surface area contributed by atoms with Gasteiger partial charge in [-0.25, -0.2) is 0 Å². The van der Waals surface area contributed by atoms with Crippen LogP contribution < -0.4 is 10.6 Å². The van der Waals surface area contributed by atoms with E-state index in [4.69, 9.17) is 5.73 Å². The van der Waals surface area contributed by atoms with E-state index >= 15 is 0 Å². The van der Waals surface area contributed by atoms with Crippen LogP contribution in [0, 0.1) is 15.5 Å². The first-order valence-electron chi connectivity index (χ1n) is 7.07. The van der Waals surface area contributed by atoms with E-state index in [1.54, 1.807) is 18.2 Å². The Morgan fingerprint density at radius 3 is 2.50 bits per heavy atom. The fourth-order valence-electron chi connectivity index (χ4n) is 3.00. The summed E-state index contributed by atoms with van der Waals surface area (Å²) in [6, 6.07) is 5.50. The molecule has 1 saturated carbocycles. The zero-order valence-corrected chi connectivity index (χ0v) is 12.4. The third-order valence-corrected chi connectivity index (χ3v) is 4.46. The lowest BCUT2D eigenvalue weighted by Crippen LogP contribution is -2.37. The summed E-state index contributed by atoms with van der Waals surface area (Å²) >= 11 is 0. The van der Waals surface area contributed by atoms with Gasteiger partial charge in [0.25, 0.3) is 0 Å². The molecule has 2 rings (SSSR count). The zero-order chi connectivity index (χ0) is 14.9. The minimum atomic E-state index is -0.381. The standard InChI is InChI=1S/C15H23N3O2/c1-15(2)9-7-11(8-10-15)17(3)13-6-4-5-12(16)14(13)18(19)20/h4-6,11H,7-10,16H2,1-3H3. The van der Waals surface area contributed by atoms with Crippen molar-refractivity contribution in [2.75, 3.05) is 17.7 Å². The molecule has 1 aromatic rings. The van der Waals surface area contributed by atoms with Crippen molar-refractivity contribution < 1.29 is 4.92 Å². The summed E-state index contributed by atoms with van der Waals surface area (Å²) in [7, 11) is 1.94. The zero-order valence-electron chi connectivity index (χ0n) is 12.4. The molecule has 20 heavy (non-hydrogen) atoms. The summed E-state index contributed by atoms with van der Waals surface area (Å²) in [4.78, 5) is 12.9. The molecule has 0 spiro atoms. The van der Waals surface area contributed by atoms with Crippen molar-refractivity contribution in [3.05, 3.63) is 28.3 Å². The van der Waals surface area contributed by atoms with Gasteiger partial charge in [0.2, 0.25) is 0 Å². The first kappa shape index (κ1) is 14.6. The highest BCUT2D eigenvalue weighted by atomic mass is 16.6. The Morgan fingerprint density at radius 1 is 1.35 bits per heavy atom. The molecule has 2 N–H and O–H groups in total. The number of benzene rings is 1. The largest absolute Gasteiger partial charge is 0.393 e. The Hall–Kier alpha value is -1.78. The second-order valence-corrected chi connectivity index (χ2v) is 6.48. The molecule has 1 aliphatic carbocycles. The minimum Gasteiger partial charge on any atom is -0.393 e. The molecule has 5 nitrogen and oxygen atoms in total. The molecular weight excluding hydrogens is 254 g/mol. The first-order valence-corrected chi connectivity index (χ1v) is 7.07. The highest BCUT2D eigenvalue weighted by molar-refractivity contribution is 5.75. The van der Waals surface area contributed by atoms with Crippen LogP contribution in [0.5, 0.6) is 0 Å². The molecule has 1 aromatic carbocycles.